The third-order valence-electron chi connectivity index (χ3n) is 15.6. The Labute approximate surface area is 432 Å². The van der Waals surface area contributed by atoms with Crippen LogP contribution in [0.2, 0.25) is 0 Å². The number of nitrogens with one attached hydrogen (secondary N) is 4. The highest BCUT2D eigenvalue weighted by atomic mass is 32.1. The molecule has 4 aromatic heterocycles. The van der Waals surface area contributed by atoms with Crippen molar-refractivity contribution in [1.29, 1.82) is 0 Å². The van der Waals surface area contributed by atoms with Gasteiger partial charge in [-0.1, -0.05) is 19.9 Å². The number of amides is 4. The predicted octanol–water partition coefficient (Wildman–Crippen LogP) is 9.82. The number of halogens is 1. The number of carbonyl (C=O) groups is 4. The Balaban J connectivity index is 0.895. The minimum absolute atomic E-state index is 0.0496. The highest BCUT2D eigenvalue weighted by Crippen LogP contribution is 2.49. The molecule has 19 heteroatoms. The number of hydrogen-bond donors (Lipinski definition) is 4. The van der Waals surface area contributed by atoms with Crippen molar-refractivity contribution < 1.29 is 42.5 Å². The lowest BCUT2D eigenvalue weighted by Gasteiger charge is -2.38. The number of thiophene rings is 1. The average Bonchev–Trinajstić information content (AvgIpc) is 4.12. The van der Waals surface area contributed by atoms with Crippen LogP contribution in [0.15, 0.2) is 60.9 Å². The summed E-state index contributed by atoms with van der Waals surface area (Å²) in [4.78, 5) is 75.5. The minimum atomic E-state index is -0.771. The molecule has 3 unspecified atom stereocenters. The molecule has 11 rings (SSSR count). The molecule has 4 N–H and O–H groups in total. The summed E-state index contributed by atoms with van der Waals surface area (Å²) in [5.74, 6) is 1.24. The summed E-state index contributed by atoms with van der Waals surface area (Å²) in [6.45, 7) is 8.79. The van der Waals surface area contributed by atoms with Crippen molar-refractivity contribution in [3.8, 4) is 39.5 Å². The van der Waals surface area contributed by atoms with Crippen LogP contribution in [0, 0.1) is 23.6 Å². The lowest BCUT2D eigenvalue weighted by atomic mass is 9.85. The van der Waals surface area contributed by atoms with Crippen LogP contribution in [0.4, 0.5) is 14.0 Å². The van der Waals surface area contributed by atoms with E-state index in [1.807, 2.05) is 56.9 Å². The summed E-state index contributed by atoms with van der Waals surface area (Å²) in [5.41, 5.74) is 4.69. The first-order valence-electron chi connectivity index (χ1n) is 26.0. The van der Waals surface area contributed by atoms with Crippen LogP contribution in [0.1, 0.15) is 119 Å². The summed E-state index contributed by atoms with van der Waals surface area (Å²) in [5, 5.41) is 6.45. The molecule has 6 aromatic rings. The Morgan fingerprint density at radius 1 is 0.811 bits per heavy atom. The molecular formula is C55H64FN9O8S. The van der Waals surface area contributed by atoms with Crippen molar-refractivity contribution in [1.82, 2.24) is 44.9 Å². The highest BCUT2D eigenvalue weighted by Gasteiger charge is 2.43. The van der Waals surface area contributed by atoms with Gasteiger partial charge in [0.2, 0.25) is 18.0 Å². The lowest BCUT2D eigenvalue weighted by molar-refractivity contribution is -0.138. The number of aromatic amines is 2. The van der Waals surface area contributed by atoms with Gasteiger partial charge in [0.1, 0.15) is 35.3 Å². The molecule has 390 valence electrons. The van der Waals surface area contributed by atoms with Gasteiger partial charge in [-0.05, 0) is 132 Å². The van der Waals surface area contributed by atoms with Crippen LogP contribution in [0.5, 0.6) is 5.75 Å². The molecule has 4 aliphatic heterocycles. The van der Waals surface area contributed by atoms with Crippen LogP contribution in [0.3, 0.4) is 0 Å². The molecule has 2 aromatic carbocycles. The standard InChI is InChI=1S/C55H64FN9O8S/c1-28(2)47(61-54(68)70-5)51(66)63-17-7-9-41(63)50-58-27-39(60-50)33-23-37(56)46-43-24-34-22-32(13-15-40(34)65(43)53(73-44(46)25-33)45-16-14-36(74-45)21-31-11-12-31)38-26-57-49(59-38)42-10-8-18-64(42)52(67)48(62-55(69)71-6)35-19-29(3)72-30(4)20-35/h13-16,22-31,35,41-42,47-48,53H,7-12,17-21H2,1-6H3,(H,57,59)(H,58,60)(H,61,68)(H,62,69)/t29-,30+,35?,41-,42-,47-,48?,53?/m0/s1. The largest absolute Gasteiger partial charge is 0.464 e. The summed E-state index contributed by atoms with van der Waals surface area (Å²) >= 11 is 1.73. The summed E-state index contributed by atoms with van der Waals surface area (Å²) in [7, 11) is 2.58. The van der Waals surface area contributed by atoms with Gasteiger partial charge in [-0.15, -0.1) is 11.3 Å². The van der Waals surface area contributed by atoms with E-state index in [1.165, 1.54) is 38.0 Å². The number of fused-ring (bicyclic) bond motifs is 5. The fourth-order valence-electron chi connectivity index (χ4n) is 11.8. The number of H-pyrrole nitrogens is 2. The molecule has 74 heavy (non-hydrogen) atoms. The SMILES string of the molecule is COC(=O)NC(C(=O)N1CCC[C@H]1c1ncc(-c2ccc3c(c2)cc2n3C(c3ccc(CC4CC4)s3)Oc3cc(-c4cnc([C@@H]5CCCN5C(=O)[C@@H](NC(=O)OC)C(C)C)[nH]4)cc(F)c3-2)[nH]1)C1C[C@@H](C)O[C@@H](C)C1. The smallest absolute Gasteiger partial charge is 0.407 e. The Morgan fingerprint density at radius 3 is 2.11 bits per heavy atom. The maximum atomic E-state index is 17.0. The van der Waals surface area contributed by atoms with E-state index in [0.29, 0.717) is 84.6 Å². The predicted molar refractivity (Wildman–Crippen MR) is 276 cm³/mol. The van der Waals surface area contributed by atoms with Crippen LogP contribution in [-0.2, 0) is 30.2 Å². The second-order valence-electron chi connectivity index (χ2n) is 21.1. The van der Waals surface area contributed by atoms with Crippen molar-refractivity contribution in [2.45, 2.75) is 128 Å². The first kappa shape index (κ1) is 49.5. The fourth-order valence-corrected chi connectivity index (χ4v) is 13.0. The zero-order valence-corrected chi connectivity index (χ0v) is 43.4. The summed E-state index contributed by atoms with van der Waals surface area (Å²) < 4.78 is 41.8. The van der Waals surface area contributed by atoms with Crippen LogP contribution in [0.25, 0.3) is 44.7 Å². The molecule has 3 saturated heterocycles. The zero-order chi connectivity index (χ0) is 51.5. The van der Waals surface area contributed by atoms with Gasteiger partial charge < -0.3 is 49.3 Å². The molecule has 0 bridgehead atoms. The maximum absolute atomic E-state index is 17.0. The molecule has 1 saturated carbocycles. The fraction of sp³-hybridized carbons (Fsp3) is 0.491. The molecule has 4 fully saturated rings. The van der Waals surface area contributed by atoms with Gasteiger partial charge in [0.25, 0.3) is 0 Å². The number of aromatic nitrogens is 5. The van der Waals surface area contributed by atoms with Crippen molar-refractivity contribution >= 4 is 46.2 Å². The molecule has 0 radical (unpaired) electrons. The first-order chi connectivity index (χ1) is 35.7. The number of rotatable bonds is 13. The van der Waals surface area contributed by atoms with Gasteiger partial charge in [-0.2, -0.15) is 0 Å². The van der Waals surface area contributed by atoms with Crippen LogP contribution >= 0.6 is 11.3 Å². The van der Waals surface area contributed by atoms with E-state index in [-0.39, 0.29) is 47.9 Å². The quantitative estimate of drug-likeness (QED) is 0.0864. The Kier molecular flexibility index (Phi) is 13.5. The van der Waals surface area contributed by atoms with Gasteiger partial charge in [0.15, 0.2) is 0 Å². The number of ether oxygens (including phenoxy) is 4. The molecule has 8 heterocycles. The van der Waals surface area contributed by atoms with Crippen molar-refractivity contribution in [3.63, 3.8) is 0 Å². The lowest BCUT2D eigenvalue weighted by Crippen LogP contribution is -2.54. The Bertz CT molecular complexity index is 3090. The van der Waals surface area contributed by atoms with Gasteiger partial charge in [-0.25, -0.2) is 23.9 Å². The topological polar surface area (TPSA) is 198 Å². The zero-order valence-electron chi connectivity index (χ0n) is 42.6. The van der Waals surface area contributed by atoms with Gasteiger partial charge in [0, 0.05) is 34.5 Å². The number of imidazole rings is 2. The molecule has 4 amide bonds. The molecule has 8 atom stereocenters. The van der Waals surface area contributed by atoms with Gasteiger partial charge in [0.05, 0.1) is 83.9 Å². The number of benzene rings is 2. The number of alkyl carbamates (subject to hydrolysis) is 2. The van der Waals surface area contributed by atoms with E-state index < -0.39 is 36.3 Å². The van der Waals surface area contributed by atoms with E-state index in [1.54, 1.807) is 28.6 Å². The Morgan fingerprint density at radius 2 is 1.46 bits per heavy atom. The number of carbonyl (C=O) groups excluding carboxylic acids is 4. The normalized spacial score (nSPS) is 23.3. The minimum Gasteiger partial charge on any atom is -0.464 e. The summed E-state index contributed by atoms with van der Waals surface area (Å²) in [6.07, 6.45) is 9.21. The second-order valence-corrected chi connectivity index (χ2v) is 22.3. The number of hydrogen-bond acceptors (Lipinski definition) is 11. The molecule has 17 nitrogen and oxygen atoms in total. The van der Waals surface area contributed by atoms with E-state index in [4.69, 9.17) is 28.9 Å². The Hall–Kier alpha value is -6.73. The number of nitrogens with zero attached hydrogens (tertiary/aromatic N) is 5. The van der Waals surface area contributed by atoms with Gasteiger partial charge >= 0.3 is 12.2 Å². The van der Waals surface area contributed by atoms with E-state index in [0.717, 1.165) is 46.3 Å². The first-order valence-corrected chi connectivity index (χ1v) is 26.9. The molecule has 5 aliphatic rings. The average molecular weight is 1030 g/mol. The third-order valence-corrected chi connectivity index (χ3v) is 16.7. The van der Waals surface area contributed by atoms with E-state index in [9.17, 15) is 19.2 Å². The van der Waals surface area contributed by atoms with Crippen molar-refractivity contribution in [2.24, 2.45) is 17.8 Å². The van der Waals surface area contributed by atoms with Crippen LogP contribution in [-0.4, -0.2) is 110 Å². The van der Waals surface area contributed by atoms with E-state index in [2.05, 4.69) is 43.4 Å². The van der Waals surface area contributed by atoms with Crippen molar-refractivity contribution in [2.75, 3.05) is 27.3 Å². The third kappa shape index (κ3) is 9.52. The van der Waals surface area contributed by atoms with Gasteiger partial charge in [-0.3, -0.25) is 14.2 Å². The molecule has 1 aliphatic carbocycles. The molecule has 0 spiro atoms. The molecular weight excluding hydrogens is 966 g/mol. The monoisotopic (exact) mass is 1030 g/mol. The highest BCUT2D eigenvalue weighted by molar-refractivity contribution is 7.12. The second kappa shape index (κ2) is 20.2. The van der Waals surface area contributed by atoms with Crippen LogP contribution < -0.4 is 15.4 Å². The maximum Gasteiger partial charge on any atom is 0.407 e. The van der Waals surface area contributed by atoms with E-state index >= 15 is 4.39 Å². The number of methoxy groups -OCH3 is 2. The summed E-state index contributed by atoms with van der Waals surface area (Å²) in [6, 6.07) is 13.6. The number of likely N-dealkylation sites (tertiary alicyclic amines) is 2. The van der Waals surface area contributed by atoms with Crippen molar-refractivity contribution in [3.05, 3.63) is 88.1 Å².